The molecule has 2 fully saturated rings. The van der Waals surface area contributed by atoms with Gasteiger partial charge in [-0.1, -0.05) is 61.0 Å². The summed E-state index contributed by atoms with van der Waals surface area (Å²) in [5, 5.41) is 2.95. The van der Waals surface area contributed by atoms with E-state index in [9.17, 15) is 14.0 Å². The molecule has 2 aliphatic rings. The Labute approximate surface area is 217 Å². The molecule has 6 heteroatoms. The number of carbonyl (C=O) groups is 2. The average Bonchev–Trinajstić information content (AvgIpc) is 2.92. The topological polar surface area (TPSA) is 58.6 Å². The molecule has 5 nitrogen and oxygen atoms in total. The van der Waals surface area contributed by atoms with Crippen LogP contribution >= 0.6 is 0 Å². The summed E-state index contributed by atoms with van der Waals surface area (Å²) in [5.74, 6) is -0.334. The minimum atomic E-state index is -0.307. The second kappa shape index (κ2) is 11.4. The first-order valence-electron chi connectivity index (χ1n) is 12.9. The van der Waals surface area contributed by atoms with Crippen LogP contribution in [0.1, 0.15) is 52.7 Å². The number of carbonyl (C=O) groups excluding carboxylic acids is 2. The Hall–Kier alpha value is -3.93. The van der Waals surface area contributed by atoms with Crippen LogP contribution in [0.5, 0.6) is 0 Å². The molecule has 1 N–H and O–H groups in total. The number of nitrogens with one attached hydrogen (secondary N) is 1. The molecule has 5 rings (SSSR count). The maximum atomic E-state index is 13.8. The van der Waals surface area contributed by atoms with E-state index >= 15 is 0 Å². The van der Waals surface area contributed by atoms with Crippen molar-refractivity contribution < 1.29 is 18.7 Å². The van der Waals surface area contributed by atoms with E-state index in [1.54, 1.807) is 24.3 Å². The van der Waals surface area contributed by atoms with Gasteiger partial charge in [0.05, 0.1) is 6.04 Å². The van der Waals surface area contributed by atoms with Gasteiger partial charge < -0.3 is 15.0 Å². The zero-order valence-corrected chi connectivity index (χ0v) is 20.7. The van der Waals surface area contributed by atoms with Gasteiger partial charge in [0, 0.05) is 18.7 Å². The lowest BCUT2D eigenvalue weighted by atomic mass is 9.89. The van der Waals surface area contributed by atoms with Crippen molar-refractivity contribution in [3.8, 4) is 0 Å². The van der Waals surface area contributed by atoms with Crippen molar-refractivity contribution in [2.45, 2.75) is 50.8 Å². The fourth-order valence-corrected chi connectivity index (χ4v) is 5.14. The lowest BCUT2D eigenvalue weighted by molar-refractivity contribution is -0.149. The lowest BCUT2D eigenvalue weighted by Crippen LogP contribution is -2.54. The number of amides is 2. The molecule has 2 atom stereocenters. The molecule has 1 aliphatic heterocycles. The van der Waals surface area contributed by atoms with Gasteiger partial charge in [-0.2, -0.15) is 0 Å². The second-order valence-electron chi connectivity index (χ2n) is 9.69. The highest BCUT2D eigenvalue weighted by Crippen LogP contribution is 2.34. The third kappa shape index (κ3) is 6.08. The van der Waals surface area contributed by atoms with Crippen LogP contribution in [0.3, 0.4) is 0 Å². The van der Waals surface area contributed by atoms with Crippen molar-refractivity contribution in [3.05, 3.63) is 113 Å². The molecule has 2 amide bonds. The van der Waals surface area contributed by atoms with Gasteiger partial charge in [-0.3, -0.25) is 9.59 Å². The van der Waals surface area contributed by atoms with Crippen molar-refractivity contribution >= 4 is 17.9 Å². The van der Waals surface area contributed by atoms with Crippen LogP contribution in [0.25, 0.3) is 6.08 Å². The zero-order valence-electron chi connectivity index (χ0n) is 20.7. The number of benzene rings is 3. The van der Waals surface area contributed by atoms with E-state index in [0.717, 1.165) is 43.2 Å². The van der Waals surface area contributed by atoms with Gasteiger partial charge in [0.1, 0.15) is 11.9 Å². The average molecular weight is 499 g/mol. The molecule has 1 saturated carbocycles. The number of hydrogen-bond donors (Lipinski definition) is 1. The van der Waals surface area contributed by atoms with E-state index in [2.05, 4.69) is 5.32 Å². The number of hydrogen-bond acceptors (Lipinski definition) is 3. The van der Waals surface area contributed by atoms with Crippen LogP contribution in [0, 0.1) is 5.82 Å². The third-order valence-corrected chi connectivity index (χ3v) is 7.07. The van der Waals surface area contributed by atoms with E-state index in [1.165, 1.54) is 17.7 Å². The number of morpholine rings is 1. The summed E-state index contributed by atoms with van der Waals surface area (Å²) in [6.07, 6.45) is 6.31. The molecule has 190 valence electrons. The lowest BCUT2D eigenvalue weighted by Gasteiger charge is -2.44. The fraction of sp³-hybridized carbons (Fsp3) is 0.290. The van der Waals surface area contributed by atoms with Gasteiger partial charge in [-0.05, 0) is 72.7 Å². The molecule has 0 radical (unpaired) electrons. The van der Waals surface area contributed by atoms with Crippen molar-refractivity contribution in [2.24, 2.45) is 0 Å². The number of nitrogens with zero attached hydrogens (tertiary/aromatic N) is 1. The molecular weight excluding hydrogens is 467 g/mol. The molecule has 0 spiro atoms. The number of rotatable bonds is 7. The van der Waals surface area contributed by atoms with Gasteiger partial charge in [-0.15, -0.1) is 0 Å². The maximum absolute atomic E-state index is 13.8. The second-order valence-corrected chi connectivity index (χ2v) is 9.69. The van der Waals surface area contributed by atoms with Gasteiger partial charge >= 0.3 is 0 Å². The number of halogens is 1. The Morgan fingerprint density at radius 3 is 2.51 bits per heavy atom. The standard InChI is InChI=1S/C31H31FN2O3/c32-26-10-6-9-24(19-26)21-34-27-11-4-5-12-28(27)37-29(31(34)36)20-23-13-15-25(16-14-23)30(35)33-18-17-22-7-2-1-3-8-22/h1-3,6-10,13-16,19-20,27-28H,4-5,11-12,17-18,21H2,(H,33,35)/b29-20-. The molecule has 2 unspecified atom stereocenters. The normalized spacial score (nSPS) is 20.3. The van der Waals surface area contributed by atoms with E-state index in [4.69, 9.17) is 4.74 Å². The van der Waals surface area contributed by atoms with Gasteiger partial charge in [0.2, 0.25) is 0 Å². The zero-order chi connectivity index (χ0) is 25.6. The van der Waals surface area contributed by atoms with E-state index in [1.807, 2.05) is 53.4 Å². The van der Waals surface area contributed by atoms with Crippen LogP contribution in [0.4, 0.5) is 4.39 Å². The van der Waals surface area contributed by atoms with E-state index in [-0.39, 0.29) is 29.8 Å². The fourth-order valence-electron chi connectivity index (χ4n) is 5.14. The smallest absolute Gasteiger partial charge is 0.289 e. The molecule has 0 bridgehead atoms. The van der Waals surface area contributed by atoms with Crippen LogP contribution in [-0.4, -0.2) is 35.4 Å². The first-order valence-corrected chi connectivity index (χ1v) is 12.9. The molecule has 0 aromatic heterocycles. The number of fused-ring (bicyclic) bond motifs is 1. The first-order chi connectivity index (χ1) is 18.1. The Balaban J connectivity index is 1.27. The minimum absolute atomic E-state index is 0.0105. The van der Waals surface area contributed by atoms with Gasteiger partial charge in [0.15, 0.2) is 5.76 Å². The summed E-state index contributed by atoms with van der Waals surface area (Å²) in [6, 6.07) is 23.6. The summed E-state index contributed by atoms with van der Waals surface area (Å²) >= 11 is 0. The predicted octanol–water partition coefficient (Wildman–Crippen LogP) is 5.51. The highest BCUT2D eigenvalue weighted by atomic mass is 19.1. The maximum Gasteiger partial charge on any atom is 0.289 e. The Morgan fingerprint density at radius 2 is 1.73 bits per heavy atom. The van der Waals surface area contributed by atoms with Crippen LogP contribution in [0.15, 0.2) is 84.6 Å². The Kier molecular flexibility index (Phi) is 7.64. The highest BCUT2D eigenvalue weighted by molar-refractivity contribution is 5.97. The van der Waals surface area contributed by atoms with Crippen molar-refractivity contribution in [1.29, 1.82) is 0 Å². The summed E-state index contributed by atoms with van der Waals surface area (Å²) < 4.78 is 20.0. The molecule has 3 aromatic rings. The molecule has 1 heterocycles. The van der Waals surface area contributed by atoms with Crippen LogP contribution in [-0.2, 0) is 22.5 Å². The summed E-state index contributed by atoms with van der Waals surface area (Å²) in [7, 11) is 0. The monoisotopic (exact) mass is 498 g/mol. The SMILES string of the molecule is O=C(NCCc1ccccc1)c1ccc(/C=C2\OC3CCCCC3N(Cc3cccc(F)c3)C2=O)cc1. The van der Waals surface area contributed by atoms with Crippen molar-refractivity contribution in [3.63, 3.8) is 0 Å². The minimum Gasteiger partial charge on any atom is -0.482 e. The van der Waals surface area contributed by atoms with Crippen LogP contribution in [0.2, 0.25) is 0 Å². The highest BCUT2D eigenvalue weighted by Gasteiger charge is 2.41. The van der Waals surface area contributed by atoms with Crippen molar-refractivity contribution in [1.82, 2.24) is 10.2 Å². The Morgan fingerprint density at radius 1 is 0.973 bits per heavy atom. The molecule has 1 aliphatic carbocycles. The number of ether oxygens (including phenoxy) is 1. The van der Waals surface area contributed by atoms with Crippen LogP contribution < -0.4 is 5.32 Å². The molecule has 3 aromatic carbocycles. The van der Waals surface area contributed by atoms with Gasteiger partial charge in [-0.25, -0.2) is 4.39 Å². The summed E-state index contributed by atoms with van der Waals surface area (Å²) in [5.41, 5.74) is 3.28. The Bertz CT molecular complexity index is 1270. The first kappa shape index (κ1) is 24.8. The quantitative estimate of drug-likeness (QED) is 0.437. The summed E-state index contributed by atoms with van der Waals surface area (Å²) in [4.78, 5) is 27.8. The molecule has 1 saturated heterocycles. The van der Waals surface area contributed by atoms with E-state index < -0.39 is 0 Å². The largest absolute Gasteiger partial charge is 0.482 e. The predicted molar refractivity (Wildman–Crippen MR) is 141 cm³/mol. The van der Waals surface area contributed by atoms with Gasteiger partial charge in [0.25, 0.3) is 11.8 Å². The third-order valence-electron chi connectivity index (χ3n) is 7.07. The van der Waals surface area contributed by atoms with Crippen molar-refractivity contribution in [2.75, 3.05) is 6.54 Å². The molecular formula is C31H31FN2O3. The summed E-state index contributed by atoms with van der Waals surface area (Å²) in [6.45, 7) is 0.904. The molecule has 37 heavy (non-hydrogen) atoms. The van der Waals surface area contributed by atoms with E-state index in [0.29, 0.717) is 24.4 Å².